The van der Waals surface area contributed by atoms with Crippen molar-refractivity contribution in [2.45, 2.75) is 25.5 Å². The number of ether oxygens (including phenoxy) is 1. The van der Waals surface area contributed by atoms with Gasteiger partial charge in [0.05, 0.1) is 12.2 Å². The van der Waals surface area contributed by atoms with Gasteiger partial charge in [0.25, 0.3) is 5.91 Å². The zero-order chi connectivity index (χ0) is 17.4. The predicted octanol–water partition coefficient (Wildman–Crippen LogP) is 2.36. The Kier molecular flexibility index (Phi) is 6.80. The van der Waals surface area contributed by atoms with Gasteiger partial charge in [-0.1, -0.05) is 23.4 Å². The molecule has 0 fully saturated rings. The zero-order valence-corrected chi connectivity index (χ0v) is 14.4. The number of nitrogens with zero attached hydrogens (tertiary/aromatic N) is 2. The molecule has 7 nitrogen and oxygen atoms in total. The topological polar surface area (TPSA) is 94.3 Å². The quantitative estimate of drug-likeness (QED) is 0.731. The summed E-state index contributed by atoms with van der Waals surface area (Å²) < 4.78 is 9.97. The van der Waals surface area contributed by atoms with E-state index in [0.717, 1.165) is 5.56 Å². The van der Waals surface area contributed by atoms with Gasteiger partial charge >= 0.3 is 5.97 Å². The summed E-state index contributed by atoms with van der Waals surface area (Å²) in [5, 5.41) is 6.49. The van der Waals surface area contributed by atoms with Crippen molar-refractivity contribution >= 4 is 29.3 Å². The van der Waals surface area contributed by atoms with E-state index in [2.05, 4.69) is 15.5 Å². The van der Waals surface area contributed by atoms with Crippen LogP contribution in [0, 0.1) is 6.92 Å². The molecule has 2 rings (SSSR count). The Morgan fingerprint density at radius 3 is 2.88 bits per heavy atom. The fourth-order valence-corrected chi connectivity index (χ4v) is 2.28. The number of esters is 1. The smallest absolute Gasteiger partial charge is 0.306 e. The lowest BCUT2D eigenvalue weighted by molar-refractivity contribution is -0.147. The Bertz CT molecular complexity index is 702. The largest absolute Gasteiger partial charge is 0.456 e. The van der Waals surface area contributed by atoms with Gasteiger partial charge in [-0.2, -0.15) is 16.7 Å². The highest BCUT2D eigenvalue weighted by molar-refractivity contribution is 7.97. The van der Waals surface area contributed by atoms with Crippen LogP contribution in [0.3, 0.4) is 0 Å². The van der Waals surface area contributed by atoms with Crippen molar-refractivity contribution in [3.05, 3.63) is 41.5 Å². The third-order valence-corrected chi connectivity index (χ3v) is 3.66. The maximum absolute atomic E-state index is 11.8. The lowest BCUT2D eigenvalue weighted by Crippen LogP contribution is -2.21. The summed E-state index contributed by atoms with van der Waals surface area (Å²) in [7, 11) is 0. The molecule has 1 amide bonds. The maximum atomic E-state index is 11.8. The van der Waals surface area contributed by atoms with E-state index in [0.29, 0.717) is 29.6 Å². The minimum absolute atomic E-state index is 0.0819. The highest BCUT2D eigenvalue weighted by atomic mass is 32.2. The van der Waals surface area contributed by atoms with E-state index in [1.54, 1.807) is 17.8 Å². The van der Waals surface area contributed by atoms with E-state index in [4.69, 9.17) is 9.26 Å². The zero-order valence-electron chi connectivity index (χ0n) is 13.6. The summed E-state index contributed by atoms with van der Waals surface area (Å²) in [6, 6.07) is 7.38. The van der Waals surface area contributed by atoms with Gasteiger partial charge in [0, 0.05) is 12.1 Å². The van der Waals surface area contributed by atoms with Crippen molar-refractivity contribution in [3.63, 3.8) is 0 Å². The molecular weight excluding hydrogens is 330 g/mol. The minimum atomic E-state index is -0.487. The molecule has 0 atom stereocenters. The molecule has 0 radical (unpaired) electrons. The van der Waals surface area contributed by atoms with Crippen LogP contribution in [0.25, 0.3) is 0 Å². The number of carbonyl (C=O) groups excluding carboxylic acids is 2. The number of hydrogen-bond donors (Lipinski definition) is 1. The van der Waals surface area contributed by atoms with E-state index in [1.807, 2.05) is 31.4 Å². The van der Waals surface area contributed by atoms with Gasteiger partial charge in [-0.15, -0.1) is 0 Å². The van der Waals surface area contributed by atoms with Crippen molar-refractivity contribution in [3.8, 4) is 0 Å². The van der Waals surface area contributed by atoms with E-state index in [-0.39, 0.29) is 18.9 Å². The molecule has 0 bridgehead atoms. The highest BCUT2D eigenvalue weighted by Crippen LogP contribution is 2.13. The van der Waals surface area contributed by atoms with E-state index in [1.165, 1.54) is 0 Å². The van der Waals surface area contributed by atoms with Crippen LogP contribution in [0.2, 0.25) is 0 Å². The van der Waals surface area contributed by atoms with Gasteiger partial charge in [0.1, 0.15) is 0 Å². The first-order chi connectivity index (χ1) is 11.6. The molecule has 1 heterocycles. The first-order valence-corrected chi connectivity index (χ1v) is 8.79. The molecule has 0 aliphatic rings. The van der Waals surface area contributed by atoms with Crippen molar-refractivity contribution < 1.29 is 18.8 Å². The van der Waals surface area contributed by atoms with Gasteiger partial charge in [-0.25, -0.2) is 0 Å². The number of aromatic nitrogens is 2. The third kappa shape index (κ3) is 5.69. The summed E-state index contributed by atoms with van der Waals surface area (Å²) in [5.41, 5.74) is 1.64. The molecule has 0 saturated carbocycles. The highest BCUT2D eigenvalue weighted by Gasteiger charge is 2.12. The summed E-state index contributed by atoms with van der Waals surface area (Å²) in [6.07, 6.45) is 2.31. The molecule has 1 aromatic heterocycles. The molecule has 8 heteroatoms. The predicted molar refractivity (Wildman–Crippen MR) is 90.6 cm³/mol. The monoisotopic (exact) mass is 349 g/mol. The number of amides is 1. The Morgan fingerprint density at radius 2 is 2.12 bits per heavy atom. The normalized spacial score (nSPS) is 10.4. The van der Waals surface area contributed by atoms with Gasteiger partial charge in [-0.05, 0) is 24.8 Å². The van der Waals surface area contributed by atoms with E-state index >= 15 is 0 Å². The number of para-hydroxylation sites is 1. The fraction of sp³-hybridized carbons (Fsp3) is 0.375. The second-order valence-corrected chi connectivity index (χ2v) is 5.93. The van der Waals surface area contributed by atoms with Gasteiger partial charge in [0.2, 0.25) is 5.89 Å². The molecular formula is C16H19N3O4S. The van der Waals surface area contributed by atoms with Crippen LogP contribution < -0.4 is 5.32 Å². The van der Waals surface area contributed by atoms with Crippen LogP contribution in [-0.2, 0) is 26.5 Å². The van der Waals surface area contributed by atoms with E-state index < -0.39 is 5.97 Å². The average molecular weight is 349 g/mol. The van der Waals surface area contributed by atoms with Crippen molar-refractivity contribution in [1.29, 1.82) is 0 Å². The molecule has 0 unspecified atom stereocenters. The molecule has 0 saturated heterocycles. The number of benzene rings is 1. The molecule has 0 aliphatic heterocycles. The van der Waals surface area contributed by atoms with Gasteiger partial charge in [0.15, 0.2) is 12.4 Å². The van der Waals surface area contributed by atoms with Crippen LogP contribution in [0.15, 0.2) is 28.8 Å². The summed E-state index contributed by atoms with van der Waals surface area (Å²) >= 11 is 1.58. The van der Waals surface area contributed by atoms with Crippen molar-refractivity contribution in [2.24, 2.45) is 0 Å². The number of carbonyl (C=O) groups is 2. The molecule has 1 N–H and O–H groups in total. The molecule has 2 aromatic rings. The number of anilines is 1. The number of nitrogens with one attached hydrogen (secondary N) is 1. The number of aryl methyl sites for hydroxylation is 2. The third-order valence-electron chi connectivity index (χ3n) is 3.11. The Hall–Kier alpha value is -2.35. The number of hydrogen-bond acceptors (Lipinski definition) is 7. The van der Waals surface area contributed by atoms with Crippen molar-refractivity contribution in [1.82, 2.24) is 10.1 Å². The second kappa shape index (κ2) is 9.07. The maximum Gasteiger partial charge on any atom is 0.306 e. The number of thioether (sulfide) groups is 1. The second-order valence-electron chi connectivity index (χ2n) is 5.06. The van der Waals surface area contributed by atoms with Crippen LogP contribution in [-0.4, -0.2) is 34.9 Å². The molecule has 1 aromatic carbocycles. The summed E-state index contributed by atoms with van der Waals surface area (Å²) in [4.78, 5) is 27.6. The van der Waals surface area contributed by atoms with Crippen molar-refractivity contribution in [2.75, 3.05) is 18.2 Å². The molecule has 0 aliphatic carbocycles. The first-order valence-electron chi connectivity index (χ1n) is 7.40. The summed E-state index contributed by atoms with van der Waals surface area (Å²) in [5.74, 6) is 0.786. The van der Waals surface area contributed by atoms with E-state index in [9.17, 15) is 9.59 Å². The standard InChI is InChI=1S/C16H19N3O4S/c1-11-5-3-4-6-12(11)17-14(20)9-22-16(21)8-7-15-18-13(10-24-2)19-23-15/h3-6H,7-10H2,1-2H3,(H,17,20). The lowest BCUT2D eigenvalue weighted by Gasteiger charge is -2.08. The molecule has 128 valence electrons. The Balaban J connectivity index is 1.70. The molecule has 0 spiro atoms. The SMILES string of the molecule is CSCc1noc(CCC(=O)OCC(=O)Nc2ccccc2C)n1. The first kappa shape index (κ1) is 18.0. The van der Waals surface area contributed by atoms with Crippen LogP contribution in [0.5, 0.6) is 0 Å². The van der Waals surface area contributed by atoms with Crippen LogP contribution >= 0.6 is 11.8 Å². The Labute approximate surface area is 144 Å². The Morgan fingerprint density at radius 1 is 1.33 bits per heavy atom. The average Bonchev–Trinajstić information content (AvgIpc) is 3.01. The van der Waals surface area contributed by atoms with Crippen LogP contribution in [0.1, 0.15) is 23.7 Å². The number of rotatable bonds is 8. The molecule has 24 heavy (non-hydrogen) atoms. The van der Waals surface area contributed by atoms with Crippen LogP contribution in [0.4, 0.5) is 5.69 Å². The van der Waals surface area contributed by atoms with Gasteiger partial charge < -0.3 is 14.6 Å². The lowest BCUT2D eigenvalue weighted by atomic mass is 10.2. The van der Waals surface area contributed by atoms with Gasteiger partial charge in [-0.3, -0.25) is 9.59 Å². The summed E-state index contributed by atoms with van der Waals surface area (Å²) in [6.45, 7) is 1.56. The fourth-order valence-electron chi connectivity index (χ4n) is 1.91. The minimum Gasteiger partial charge on any atom is -0.456 e.